The highest BCUT2D eigenvalue weighted by Crippen LogP contribution is 2.09. The summed E-state index contributed by atoms with van der Waals surface area (Å²) in [7, 11) is 0. The van der Waals surface area contributed by atoms with Gasteiger partial charge in [-0.25, -0.2) is 4.79 Å². The van der Waals surface area contributed by atoms with Gasteiger partial charge in [0, 0.05) is 44.6 Å². The van der Waals surface area contributed by atoms with Gasteiger partial charge in [-0.2, -0.15) is 0 Å². The van der Waals surface area contributed by atoms with Gasteiger partial charge in [0.25, 0.3) is 0 Å². The molecule has 1 aliphatic rings. The normalized spacial score (nSPS) is 14.5. The van der Waals surface area contributed by atoms with E-state index < -0.39 is 0 Å². The predicted octanol–water partition coefficient (Wildman–Crippen LogP) is 1.95. The summed E-state index contributed by atoms with van der Waals surface area (Å²) in [6.45, 7) is 4.02. The Kier molecular flexibility index (Phi) is 6.14. The molecule has 6 heteroatoms. The van der Waals surface area contributed by atoms with E-state index in [1.54, 1.807) is 28.9 Å². The molecule has 6 nitrogen and oxygen atoms in total. The fraction of sp³-hybridized carbons (Fsp3) is 0.471. The second-order valence-corrected chi connectivity index (χ2v) is 5.36. The maximum Gasteiger partial charge on any atom is 0.409 e. The van der Waals surface area contributed by atoms with Crippen LogP contribution in [-0.2, 0) is 9.53 Å². The molecule has 0 aromatic heterocycles. The zero-order chi connectivity index (χ0) is 16.7. The van der Waals surface area contributed by atoms with Gasteiger partial charge in [0.2, 0.25) is 5.91 Å². The molecule has 1 aliphatic heterocycles. The summed E-state index contributed by atoms with van der Waals surface area (Å²) in [5, 5.41) is 0. The molecular weight excluding hydrogens is 296 g/mol. The van der Waals surface area contributed by atoms with Crippen LogP contribution in [0.2, 0.25) is 0 Å². The van der Waals surface area contributed by atoms with Crippen LogP contribution in [0.1, 0.15) is 30.1 Å². The average molecular weight is 318 g/mol. The summed E-state index contributed by atoms with van der Waals surface area (Å²) in [4.78, 5) is 39.1. The molecule has 0 spiro atoms. The smallest absolute Gasteiger partial charge is 0.409 e. The Balaban J connectivity index is 1.75. The minimum Gasteiger partial charge on any atom is -0.450 e. The van der Waals surface area contributed by atoms with Crippen LogP contribution in [0.3, 0.4) is 0 Å². The molecule has 124 valence electrons. The highest BCUT2D eigenvalue weighted by molar-refractivity contribution is 5.97. The van der Waals surface area contributed by atoms with E-state index in [1.807, 2.05) is 18.2 Å². The van der Waals surface area contributed by atoms with E-state index in [1.165, 1.54) is 0 Å². The molecule has 0 radical (unpaired) electrons. The molecule has 1 heterocycles. The fourth-order valence-electron chi connectivity index (χ4n) is 2.50. The Bertz CT molecular complexity index is 551. The van der Waals surface area contributed by atoms with Gasteiger partial charge in [-0.15, -0.1) is 0 Å². The molecule has 2 amide bonds. The molecule has 1 aromatic rings. The third-order valence-corrected chi connectivity index (χ3v) is 3.82. The standard InChI is InChI=1S/C17H22N2O4/c1-2-23-17(22)19-12-10-18(11-13-19)16(21)9-8-15(20)14-6-4-3-5-7-14/h3-7H,2,8-13H2,1H3. The van der Waals surface area contributed by atoms with Crippen molar-refractivity contribution in [2.45, 2.75) is 19.8 Å². The van der Waals surface area contributed by atoms with Crippen LogP contribution in [0.15, 0.2) is 30.3 Å². The van der Waals surface area contributed by atoms with Crippen molar-refractivity contribution in [1.29, 1.82) is 0 Å². The van der Waals surface area contributed by atoms with E-state index in [9.17, 15) is 14.4 Å². The number of hydrogen-bond acceptors (Lipinski definition) is 4. The zero-order valence-corrected chi connectivity index (χ0v) is 13.4. The van der Waals surface area contributed by atoms with E-state index >= 15 is 0 Å². The molecule has 0 unspecified atom stereocenters. The first-order chi connectivity index (χ1) is 11.1. The number of nitrogens with zero attached hydrogens (tertiary/aromatic N) is 2. The largest absolute Gasteiger partial charge is 0.450 e. The van der Waals surface area contributed by atoms with Crippen LogP contribution in [0.5, 0.6) is 0 Å². The van der Waals surface area contributed by atoms with Crippen molar-refractivity contribution in [3.8, 4) is 0 Å². The SMILES string of the molecule is CCOC(=O)N1CCN(C(=O)CCC(=O)c2ccccc2)CC1. The van der Waals surface area contributed by atoms with Gasteiger partial charge in [-0.1, -0.05) is 30.3 Å². The van der Waals surface area contributed by atoms with E-state index in [0.717, 1.165) is 0 Å². The lowest BCUT2D eigenvalue weighted by Gasteiger charge is -2.34. The third-order valence-electron chi connectivity index (χ3n) is 3.82. The summed E-state index contributed by atoms with van der Waals surface area (Å²) in [6.07, 6.45) is 0.0764. The van der Waals surface area contributed by atoms with Gasteiger partial charge in [-0.3, -0.25) is 9.59 Å². The van der Waals surface area contributed by atoms with Crippen molar-refractivity contribution in [2.24, 2.45) is 0 Å². The summed E-state index contributed by atoms with van der Waals surface area (Å²) in [5.74, 6) is -0.0677. The van der Waals surface area contributed by atoms with Crippen LogP contribution in [-0.4, -0.2) is 60.4 Å². The quantitative estimate of drug-likeness (QED) is 0.778. The minimum atomic E-state index is -0.334. The molecule has 2 rings (SSSR count). The van der Waals surface area contributed by atoms with Crippen LogP contribution in [0.4, 0.5) is 4.79 Å². The number of amides is 2. The first-order valence-electron chi connectivity index (χ1n) is 7.89. The minimum absolute atomic E-state index is 0.0240. The Labute approximate surface area is 136 Å². The number of Topliss-reactive ketones (excluding diaryl/α,β-unsaturated/α-hetero) is 1. The Morgan fingerprint density at radius 2 is 1.57 bits per heavy atom. The van der Waals surface area contributed by atoms with Crippen molar-refractivity contribution >= 4 is 17.8 Å². The highest BCUT2D eigenvalue weighted by atomic mass is 16.6. The van der Waals surface area contributed by atoms with Crippen molar-refractivity contribution in [3.05, 3.63) is 35.9 Å². The van der Waals surface area contributed by atoms with E-state index in [2.05, 4.69) is 0 Å². The van der Waals surface area contributed by atoms with Crippen molar-refractivity contribution < 1.29 is 19.1 Å². The van der Waals surface area contributed by atoms with Gasteiger partial charge < -0.3 is 14.5 Å². The third kappa shape index (κ3) is 4.81. The van der Waals surface area contributed by atoms with Crippen LogP contribution >= 0.6 is 0 Å². The molecular formula is C17H22N2O4. The number of piperazine rings is 1. The molecule has 1 aromatic carbocycles. The van der Waals surface area contributed by atoms with Gasteiger partial charge in [0.15, 0.2) is 5.78 Å². The molecule has 23 heavy (non-hydrogen) atoms. The van der Waals surface area contributed by atoms with Gasteiger partial charge in [-0.05, 0) is 6.92 Å². The van der Waals surface area contributed by atoms with E-state index in [-0.39, 0.29) is 30.6 Å². The second kappa shape index (κ2) is 8.31. The molecule has 0 aliphatic carbocycles. The van der Waals surface area contributed by atoms with Gasteiger partial charge in [0.1, 0.15) is 0 Å². The fourth-order valence-corrected chi connectivity index (χ4v) is 2.50. The topological polar surface area (TPSA) is 66.9 Å². The lowest BCUT2D eigenvalue weighted by molar-refractivity contribution is -0.132. The zero-order valence-electron chi connectivity index (χ0n) is 13.4. The van der Waals surface area contributed by atoms with Gasteiger partial charge >= 0.3 is 6.09 Å². The molecule has 1 fully saturated rings. The summed E-state index contributed by atoms with van der Waals surface area (Å²) < 4.78 is 4.94. The van der Waals surface area contributed by atoms with Crippen LogP contribution in [0.25, 0.3) is 0 Å². The predicted molar refractivity (Wildman–Crippen MR) is 85.2 cm³/mol. The first-order valence-corrected chi connectivity index (χ1v) is 7.89. The summed E-state index contributed by atoms with van der Waals surface area (Å²) in [6, 6.07) is 8.98. The molecule has 0 atom stereocenters. The number of hydrogen-bond donors (Lipinski definition) is 0. The number of ether oxygens (including phenoxy) is 1. The van der Waals surface area contributed by atoms with Crippen LogP contribution < -0.4 is 0 Å². The Morgan fingerprint density at radius 3 is 2.17 bits per heavy atom. The van der Waals surface area contributed by atoms with Crippen molar-refractivity contribution in [1.82, 2.24) is 9.80 Å². The Morgan fingerprint density at radius 1 is 0.957 bits per heavy atom. The number of carbonyl (C=O) groups excluding carboxylic acids is 3. The summed E-state index contributed by atoms with van der Waals surface area (Å²) in [5.41, 5.74) is 0.632. The highest BCUT2D eigenvalue weighted by Gasteiger charge is 2.24. The monoisotopic (exact) mass is 318 g/mol. The van der Waals surface area contributed by atoms with Gasteiger partial charge in [0.05, 0.1) is 6.61 Å². The molecule has 0 N–H and O–H groups in total. The lowest BCUT2D eigenvalue weighted by Crippen LogP contribution is -2.50. The number of ketones is 1. The second-order valence-electron chi connectivity index (χ2n) is 5.36. The summed E-state index contributed by atoms with van der Waals surface area (Å²) >= 11 is 0. The molecule has 0 bridgehead atoms. The first kappa shape index (κ1) is 17.0. The van der Waals surface area contributed by atoms with Crippen molar-refractivity contribution in [3.63, 3.8) is 0 Å². The number of benzene rings is 1. The average Bonchev–Trinajstić information content (AvgIpc) is 2.60. The van der Waals surface area contributed by atoms with Crippen molar-refractivity contribution in [2.75, 3.05) is 32.8 Å². The maximum absolute atomic E-state index is 12.2. The molecule has 1 saturated heterocycles. The maximum atomic E-state index is 12.2. The number of carbonyl (C=O) groups is 3. The van der Waals surface area contributed by atoms with E-state index in [4.69, 9.17) is 4.74 Å². The van der Waals surface area contributed by atoms with Crippen LogP contribution in [0, 0.1) is 0 Å². The molecule has 0 saturated carbocycles. The van der Waals surface area contributed by atoms with E-state index in [0.29, 0.717) is 38.3 Å². The lowest BCUT2D eigenvalue weighted by atomic mass is 10.1. The Hall–Kier alpha value is -2.37. The number of rotatable bonds is 5.